The van der Waals surface area contributed by atoms with Crippen molar-refractivity contribution in [2.45, 2.75) is 97.2 Å². The number of hydrogen-bond donors (Lipinski definition) is 5. The first kappa shape index (κ1) is 44.6. The van der Waals surface area contributed by atoms with E-state index in [1.165, 1.54) is 4.90 Å². The smallest absolute Gasteiger partial charge is 0.252 e. The van der Waals surface area contributed by atoms with Gasteiger partial charge in [0.25, 0.3) is 5.91 Å². The number of carbonyl (C=O) groups excluding carboxylic acids is 4. The zero-order chi connectivity index (χ0) is 39.4. The van der Waals surface area contributed by atoms with Crippen LogP contribution in [-0.2, 0) is 20.8 Å². The predicted octanol–water partition coefficient (Wildman–Crippen LogP) is 4.27. The summed E-state index contributed by atoms with van der Waals surface area (Å²) in [6, 6.07) is 10.7. The Hall–Kier alpha value is -4.11. The monoisotopic (exact) mass is 810 g/mol. The minimum atomic E-state index is -0.996. The maximum Gasteiger partial charge on any atom is 0.252 e. The number of unbranched alkanes of at least 4 members (excludes halogenated alkanes) is 4. The molecule has 0 spiro atoms. The van der Waals surface area contributed by atoms with Crippen molar-refractivity contribution in [2.75, 3.05) is 50.7 Å². The fourth-order valence-electron chi connectivity index (χ4n) is 7.03. The fraction of sp³-hybridized carbons (Fsp3) is 0.561. The molecule has 3 atom stereocenters. The van der Waals surface area contributed by atoms with Gasteiger partial charge in [0.1, 0.15) is 11.9 Å². The maximum absolute atomic E-state index is 13.8. The highest BCUT2D eigenvalue weighted by Gasteiger charge is 2.46. The van der Waals surface area contributed by atoms with E-state index < -0.39 is 23.6 Å². The van der Waals surface area contributed by atoms with Gasteiger partial charge in [0.05, 0.1) is 33.2 Å². The van der Waals surface area contributed by atoms with Gasteiger partial charge in [-0.15, -0.1) is 23.7 Å². The molecule has 2 fully saturated rings. The van der Waals surface area contributed by atoms with Crippen LogP contribution in [0.4, 0.5) is 5.82 Å². The van der Waals surface area contributed by atoms with Gasteiger partial charge in [0.15, 0.2) is 0 Å². The van der Waals surface area contributed by atoms with Crippen molar-refractivity contribution in [1.82, 2.24) is 36.1 Å². The molecule has 2 saturated heterocycles. The molecule has 15 heteroatoms. The number of aliphatic hydroxyl groups excluding tert-OH is 1. The number of pyridine rings is 1. The number of β-amino-alcohol motifs (C(OH)–C–C–N with tert-alkyl or cyclic N) is 1. The quantitative estimate of drug-likeness (QED) is 0.118. The van der Waals surface area contributed by atoms with Crippen molar-refractivity contribution >= 4 is 53.2 Å². The second-order valence-corrected chi connectivity index (χ2v) is 16.1. The molecule has 5 N–H and O–H groups in total. The van der Waals surface area contributed by atoms with Gasteiger partial charge < -0.3 is 36.2 Å². The van der Waals surface area contributed by atoms with Crippen molar-refractivity contribution in [1.29, 1.82) is 0 Å². The van der Waals surface area contributed by atoms with Crippen molar-refractivity contribution in [3.8, 4) is 10.4 Å². The minimum absolute atomic E-state index is 0. The molecule has 4 amide bonds. The number of aliphatic hydroxyl groups is 1. The molecule has 0 radical (unpaired) electrons. The number of nitrogens with zero attached hydrogens (tertiary/aromatic N) is 4. The molecule has 56 heavy (non-hydrogen) atoms. The van der Waals surface area contributed by atoms with Crippen molar-refractivity contribution in [2.24, 2.45) is 5.41 Å². The minimum Gasteiger partial charge on any atom is -0.391 e. The van der Waals surface area contributed by atoms with E-state index in [1.807, 2.05) is 43.6 Å². The number of rotatable bonds is 18. The summed E-state index contributed by atoms with van der Waals surface area (Å²) < 4.78 is 0. The van der Waals surface area contributed by atoms with Crippen LogP contribution < -0.4 is 26.2 Å². The van der Waals surface area contributed by atoms with E-state index >= 15 is 0 Å². The van der Waals surface area contributed by atoms with Gasteiger partial charge in [-0.1, -0.05) is 43.5 Å². The molecule has 0 aliphatic carbocycles. The molecule has 306 valence electrons. The lowest BCUT2D eigenvalue weighted by molar-refractivity contribution is -0.147. The van der Waals surface area contributed by atoms with Crippen molar-refractivity contribution in [3.63, 3.8) is 0 Å². The number of thiazole rings is 1. The summed E-state index contributed by atoms with van der Waals surface area (Å²) in [7, 11) is 0. The Morgan fingerprint density at radius 2 is 1.68 bits per heavy atom. The van der Waals surface area contributed by atoms with Gasteiger partial charge in [0, 0.05) is 70.9 Å². The summed E-state index contributed by atoms with van der Waals surface area (Å²) in [4.78, 5) is 66.1. The first-order chi connectivity index (χ1) is 26.4. The molecule has 0 saturated carbocycles. The largest absolute Gasteiger partial charge is 0.391 e. The Kier molecular flexibility index (Phi) is 17.1. The summed E-state index contributed by atoms with van der Waals surface area (Å²) >= 11 is 1.61. The fourth-order valence-corrected chi connectivity index (χ4v) is 7.84. The van der Waals surface area contributed by atoms with Gasteiger partial charge in [0.2, 0.25) is 17.7 Å². The van der Waals surface area contributed by atoms with E-state index in [1.54, 1.807) is 31.4 Å². The Bertz CT molecular complexity index is 1730. The second-order valence-electron chi connectivity index (χ2n) is 15.3. The summed E-state index contributed by atoms with van der Waals surface area (Å²) in [6.07, 6.45) is 6.35. The average Bonchev–Trinajstić information content (AvgIpc) is 3.81. The number of benzene rings is 1. The lowest BCUT2D eigenvalue weighted by atomic mass is 9.83. The van der Waals surface area contributed by atoms with Crippen molar-refractivity contribution < 1.29 is 24.3 Å². The number of carbonyl (C=O) groups is 4. The molecular weight excluding hydrogens is 752 g/mol. The molecular formula is C41H59ClN8O5S. The molecule has 3 aromatic rings. The van der Waals surface area contributed by atoms with E-state index in [0.29, 0.717) is 31.5 Å². The van der Waals surface area contributed by atoms with Crippen LogP contribution in [0.15, 0.2) is 48.1 Å². The highest BCUT2D eigenvalue weighted by molar-refractivity contribution is 7.13. The third-order valence-electron chi connectivity index (χ3n) is 10.8. The number of aryl methyl sites for hydroxylation is 1. The highest BCUT2D eigenvalue weighted by atomic mass is 35.5. The SMILES string of the molecule is Cc1ncsc1-c1ccc(CCNC(=O)[C@@H]2C[C@@H](O)CN2C(=O)C(C)(C)[C@H](C)NC(=O)CCCCCCCNC(=O)c2ccc(N3CCNCC3)nc2)cc1.Cl. The first-order valence-corrected chi connectivity index (χ1v) is 20.6. The Balaban J connectivity index is 0.00000696. The lowest BCUT2D eigenvalue weighted by Gasteiger charge is -2.36. The van der Waals surface area contributed by atoms with E-state index in [9.17, 15) is 24.3 Å². The standard InChI is InChI=1S/C41H58N8O5S.ClH/c1-28-37(55-27-46-28)31-13-11-30(12-14-31)17-19-44-39(53)34-24-33(50)26-49(34)40(54)41(3,4)29(2)47-36(51)10-8-6-5-7-9-18-43-38(52)32-15-16-35(45-25-32)48-22-20-42-21-23-48;/h11-16,25,27,29,33-34,42,50H,5-10,17-24,26H2,1-4H3,(H,43,52)(H,44,53)(H,47,51);1H/t29-,33+,34-;/m0./s1. The normalized spacial score (nSPS) is 17.5. The molecule has 13 nitrogen and oxygen atoms in total. The van der Waals surface area contributed by atoms with E-state index in [-0.39, 0.29) is 49.0 Å². The zero-order valence-electron chi connectivity index (χ0n) is 33.1. The Labute approximate surface area is 341 Å². The van der Waals surface area contributed by atoms with Crippen LogP contribution in [0, 0.1) is 12.3 Å². The molecule has 4 heterocycles. The number of nitrogens with one attached hydrogen (secondary N) is 4. The third-order valence-corrected chi connectivity index (χ3v) is 11.8. The molecule has 1 aromatic carbocycles. The van der Waals surface area contributed by atoms with E-state index in [2.05, 4.69) is 48.3 Å². The van der Waals surface area contributed by atoms with E-state index in [4.69, 9.17) is 0 Å². The molecule has 5 rings (SSSR count). The van der Waals surface area contributed by atoms with Gasteiger partial charge in [-0.3, -0.25) is 19.2 Å². The Morgan fingerprint density at radius 1 is 0.964 bits per heavy atom. The number of anilines is 1. The molecule has 2 aromatic heterocycles. The third kappa shape index (κ3) is 12.2. The first-order valence-electron chi connectivity index (χ1n) is 19.7. The number of likely N-dealkylation sites (tertiary alicyclic amines) is 1. The molecule has 2 aliphatic heterocycles. The predicted molar refractivity (Wildman–Crippen MR) is 223 cm³/mol. The number of aromatic nitrogens is 2. The lowest BCUT2D eigenvalue weighted by Crippen LogP contribution is -2.55. The highest BCUT2D eigenvalue weighted by Crippen LogP contribution is 2.30. The van der Waals surface area contributed by atoms with Crippen molar-refractivity contribution in [3.05, 3.63) is 64.9 Å². The number of hydrogen-bond acceptors (Lipinski definition) is 10. The maximum atomic E-state index is 13.8. The van der Waals surface area contributed by atoms with Crippen LogP contribution in [0.5, 0.6) is 0 Å². The van der Waals surface area contributed by atoms with Gasteiger partial charge in [-0.2, -0.15) is 0 Å². The van der Waals surface area contributed by atoms with Crippen LogP contribution in [0.2, 0.25) is 0 Å². The van der Waals surface area contributed by atoms with Gasteiger partial charge in [-0.05, 0) is 70.2 Å². The van der Waals surface area contributed by atoms with Gasteiger partial charge in [-0.25, -0.2) is 9.97 Å². The zero-order valence-corrected chi connectivity index (χ0v) is 34.8. The van der Waals surface area contributed by atoms with Crippen LogP contribution in [-0.4, -0.2) is 108 Å². The molecule has 2 aliphatic rings. The summed E-state index contributed by atoms with van der Waals surface area (Å²) in [6.45, 7) is 12.1. The number of piperazine rings is 1. The molecule has 0 unspecified atom stereocenters. The average molecular weight is 811 g/mol. The van der Waals surface area contributed by atoms with Crippen LogP contribution in [0.1, 0.15) is 87.3 Å². The van der Waals surface area contributed by atoms with Crippen LogP contribution in [0.25, 0.3) is 10.4 Å². The molecule has 0 bridgehead atoms. The second kappa shape index (κ2) is 21.4. The van der Waals surface area contributed by atoms with Crippen LogP contribution >= 0.6 is 23.7 Å². The van der Waals surface area contributed by atoms with Crippen LogP contribution in [0.3, 0.4) is 0 Å². The number of halogens is 1. The number of amides is 4. The summed E-state index contributed by atoms with van der Waals surface area (Å²) in [5.41, 5.74) is 4.60. The Morgan fingerprint density at radius 3 is 2.36 bits per heavy atom. The van der Waals surface area contributed by atoms with Gasteiger partial charge >= 0.3 is 0 Å². The van der Waals surface area contributed by atoms with E-state index in [0.717, 1.165) is 85.8 Å². The topological polar surface area (TPSA) is 169 Å². The summed E-state index contributed by atoms with van der Waals surface area (Å²) in [5, 5.41) is 22.7. The summed E-state index contributed by atoms with van der Waals surface area (Å²) in [5.74, 6) is 0.0846.